The zero-order chi connectivity index (χ0) is 7.23. The van der Waals surface area contributed by atoms with Crippen LogP contribution >= 0.6 is 0 Å². The number of rotatable bonds is 0. The molecule has 0 bridgehead atoms. The number of hydrogen-bond acceptors (Lipinski definition) is 1. The maximum atomic E-state index is 5.30. The molecule has 0 unspecified atom stereocenters. The van der Waals surface area contributed by atoms with Gasteiger partial charge >= 0.3 is 0 Å². The highest BCUT2D eigenvalue weighted by Crippen LogP contribution is 2.00. The summed E-state index contributed by atoms with van der Waals surface area (Å²) < 4.78 is 5.30. The summed E-state index contributed by atoms with van der Waals surface area (Å²) in [4.78, 5) is 0. The highest BCUT2D eigenvalue weighted by molar-refractivity contribution is 5.07. The Morgan fingerprint density at radius 2 is 2.10 bits per heavy atom. The maximum absolute atomic E-state index is 5.30. The lowest BCUT2D eigenvalue weighted by atomic mass is 10.3. The van der Waals surface area contributed by atoms with E-state index in [-0.39, 0.29) is 0 Å². The van der Waals surface area contributed by atoms with Gasteiger partial charge in [0.25, 0.3) is 0 Å². The lowest BCUT2D eigenvalue weighted by Gasteiger charge is -2.00. The maximum Gasteiger partial charge on any atom is 0.106 e. The van der Waals surface area contributed by atoms with Crippen molar-refractivity contribution in [2.24, 2.45) is 0 Å². The van der Waals surface area contributed by atoms with Crippen LogP contribution in [0.1, 0.15) is 13.3 Å². The number of ether oxygens (including phenoxy) is 1. The summed E-state index contributed by atoms with van der Waals surface area (Å²) in [6, 6.07) is 0. The van der Waals surface area contributed by atoms with E-state index in [0.717, 1.165) is 12.2 Å². The van der Waals surface area contributed by atoms with Crippen LogP contribution in [0.15, 0.2) is 36.1 Å². The van der Waals surface area contributed by atoms with Gasteiger partial charge in [0.2, 0.25) is 0 Å². The summed E-state index contributed by atoms with van der Waals surface area (Å²) in [5.74, 6) is 1.01. The molecule has 0 aliphatic carbocycles. The minimum absolute atomic E-state index is 0.687. The minimum Gasteiger partial charge on any atom is -0.494 e. The van der Waals surface area contributed by atoms with E-state index in [1.54, 1.807) is 0 Å². The van der Waals surface area contributed by atoms with Crippen LogP contribution in [0.5, 0.6) is 0 Å². The van der Waals surface area contributed by atoms with E-state index in [1.165, 1.54) is 0 Å². The highest BCUT2D eigenvalue weighted by Gasteiger charge is 1.86. The molecule has 1 heterocycles. The first-order valence-electron chi connectivity index (χ1n) is 3.51. The van der Waals surface area contributed by atoms with Gasteiger partial charge in [0, 0.05) is 0 Å². The lowest BCUT2D eigenvalue weighted by Crippen LogP contribution is -1.86. The second-order valence-electron chi connectivity index (χ2n) is 2.22. The third-order valence-electron chi connectivity index (χ3n) is 1.33. The molecule has 1 nitrogen and oxygen atoms in total. The van der Waals surface area contributed by atoms with Crippen LogP contribution in [0, 0.1) is 0 Å². The molecule has 54 valence electrons. The van der Waals surface area contributed by atoms with E-state index < -0.39 is 0 Å². The zero-order valence-corrected chi connectivity index (χ0v) is 6.21. The van der Waals surface area contributed by atoms with Crippen molar-refractivity contribution in [3.8, 4) is 0 Å². The predicted molar refractivity (Wildman–Crippen MR) is 42.6 cm³/mol. The Bertz CT molecular complexity index is 175. The van der Waals surface area contributed by atoms with Gasteiger partial charge in [0.15, 0.2) is 0 Å². The van der Waals surface area contributed by atoms with Crippen molar-refractivity contribution in [3.63, 3.8) is 0 Å². The summed E-state index contributed by atoms with van der Waals surface area (Å²) in [6.07, 6.45) is 11.2. The van der Waals surface area contributed by atoms with Crippen molar-refractivity contribution in [1.82, 2.24) is 0 Å². The third kappa shape index (κ3) is 2.53. The van der Waals surface area contributed by atoms with Crippen LogP contribution in [0.4, 0.5) is 0 Å². The Hall–Kier alpha value is -0.980. The number of allylic oxidation sites excluding steroid dienone is 5. The predicted octanol–water partition coefficient (Wildman–Crippen LogP) is 2.42. The molecular formula is C9H12O. The molecule has 1 aliphatic rings. The van der Waals surface area contributed by atoms with Gasteiger partial charge in [-0.25, -0.2) is 0 Å². The zero-order valence-electron chi connectivity index (χ0n) is 6.21. The van der Waals surface area contributed by atoms with Crippen molar-refractivity contribution < 1.29 is 4.74 Å². The van der Waals surface area contributed by atoms with Gasteiger partial charge in [-0.3, -0.25) is 0 Å². The smallest absolute Gasteiger partial charge is 0.106 e. The molecule has 0 aromatic rings. The van der Waals surface area contributed by atoms with E-state index in [9.17, 15) is 0 Å². The molecule has 1 aliphatic heterocycles. The SMILES string of the molecule is C/C1=C/C/C=C\C=C/CO1. The van der Waals surface area contributed by atoms with Crippen LogP contribution in [-0.2, 0) is 4.74 Å². The summed E-state index contributed by atoms with van der Waals surface area (Å²) in [5.41, 5.74) is 0. The average molecular weight is 136 g/mol. The molecular weight excluding hydrogens is 124 g/mol. The van der Waals surface area contributed by atoms with Crippen molar-refractivity contribution in [3.05, 3.63) is 36.1 Å². The standard InChI is InChI=1S/C9H12O/c1-9-7-5-3-2-4-6-8-10-9/h2-4,6-7H,5,8H2,1H3/b3-2-,6-4-,9-7-. The molecule has 0 fully saturated rings. The van der Waals surface area contributed by atoms with Crippen molar-refractivity contribution in [1.29, 1.82) is 0 Å². The fraction of sp³-hybridized carbons (Fsp3) is 0.333. The molecule has 0 aromatic heterocycles. The lowest BCUT2D eigenvalue weighted by molar-refractivity contribution is 0.249. The fourth-order valence-electron chi connectivity index (χ4n) is 0.764. The van der Waals surface area contributed by atoms with Crippen LogP contribution < -0.4 is 0 Å². The Kier molecular flexibility index (Phi) is 2.81. The molecule has 0 radical (unpaired) electrons. The first kappa shape index (κ1) is 7.13. The molecule has 0 saturated heterocycles. The largest absolute Gasteiger partial charge is 0.494 e. The second kappa shape index (κ2) is 3.94. The quantitative estimate of drug-likeness (QED) is 0.497. The van der Waals surface area contributed by atoms with Gasteiger partial charge in [0.1, 0.15) is 6.61 Å². The molecule has 0 aromatic carbocycles. The van der Waals surface area contributed by atoms with E-state index in [1.807, 2.05) is 25.2 Å². The van der Waals surface area contributed by atoms with Crippen LogP contribution in [0.25, 0.3) is 0 Å². The molecule has 0 N–H and O–H groups in total. The number of hydrogen-bond donors (Lipinski definition) is 0. The summed E-state index contributed by atoms with van der Waals surface area (Å²) in [5, 5.41) is 0. The fourth-order valence-corrected chi connectivity index (χ4v) is 0.764. The Balaban J connectivity index is 2.54. The summed E-state index contributed by atoms with van der Waals surface area (Å²) >= 11 is 0. The van der Waals surface area contributed by atoms with E-state index in [4.69, 9.17) is 4.74 Å². The Morgan fingerprint density at radius 1 is 1.30 bits per heavy atom. The van der Waals surface area contributed by atoms with Gasteiger partial charge in [-0.2, -0.15) is 0 Å². The van der Waals surface area contributed by atoms with E-state index >= 15 is 0 Å². The monoisotopic (exact) mass is 136 g/mol. The van der Waals surface area contributed by atoms with Crippen molar-refractivity contribution >= 4 is 0 Å². The van der Waals surface area contributed by atoms with Gasteiger partial charge in [-0.05, 0) is 25.5 Å². The summed E-state index contributed by atoms with van der Waals surface area (Å²) in [6.45, 7) is 2.67. The van der Waals surface area contributed by atoms with Gasteiger partial charge < -0.3 is 4.74 Å². The van der Waals surface area contributed by atoms with Crippen molar-refractivity contribution in [2.45, 2.75) is 13.3 Å². The molecule has 1 rings (SSSR count). The van der Waals surface area contributed by atoms with E-state index in [2.05, 4.69) is 12.2 Å². The topological polar surface area (TPSA) is 9.23 Å². The van der Waals surface area contributed by atoms with E-state index in [0.29, 0.717) is 6.61 Å². The molecule has 10 heavy (non-hydrogen) atoms. The molecule has 0 atom stereocenters. The van der Waals surface area contributed by atoms with Crippen LogP contribution in [0.2, 0.25) is 0 Å². The first-order chi connectivity index (χ1) is 4.89. The third-order valence-corrected chi connectivity index (χ3v) is 1.33. The van der Waals surface area contributed by atoms with Crippen LogP contribution in [0.3, 0.4) is 0 Å². The Morgan fingerprint density at radius 3 is 3.00 bits per heavy atom. The van der Waals surface area contributed by atoms with Crippen molar-refractivity contribution in [2.75, 3.05) is 6.61 Å². The first-order valence-corrected chi connectivity index (χ1v) is 3.51. The summed E-state index contributed by atoms with van der Waals surface area (Å²) in [7, 11) is 0. The van der Waals surface area contributed by atoms with Gasteiger partial charge in [0.05, 0.1) is 5.76 Å². The Labute approximate surface area is 61.7 Å². The van der Waals surface area contributed by atoms with Gasteiger partial charge in [-0.1, -0.05) is 18.2 Å². The molecule has 1 heteroatoms. The molecule has 0 saturated carbocycles. The highest BCUT2D eigenvalue weighted by atomic mass is 16.5. The second-order valence-corrected chi connectivity index (χ2v) is 2.22. The van der Waals surface area contributed by atoms with Crippen LogP contribution in [-0.4, -0.2) is 6.61 Å². The molecule has 0 amide bonds. The molecule has 0 spiro atoms. The van der Waals surface area contributed by atoms with Gasteiger partial charge in [-0.15, -0.1) is 0 Å². The normalized spacial score (nSPS) is 29.9. The minimum atomic E-state index is 0.687. The average Bonchev–Trinajstić information content (AvgIpc) is 2.02.